The second-order valence-corrected chi connectivity index (χ2v) is 5.39. The molecule has 1 aliphatic heterocycles. The van der Waals surface area contributed by atoms with E-state index in [0.29, 0.717) is 0 Å². The third-order valence-electron chi connectivity index (χ3n) is 3.47. The van der Waals surface area contributed by atoms with Crippen molar-refractivity contribution in [3.05, 3.63) is 30.1 Å². The molecule has 0 aliphatic carbocycles. The molecule has 0 radical (unpaired) electrons. The first-order chi connectivity index (χ1) is 8.42. The summed E-state index contributed by atoms with van der Waals surface area (Å²) in [5, 5.41) is 3.20. The van der Waals surface area contributed by atoms with E-state index in [9.17, 15) is 9.18 Å². The molecule has 1 heterocycles. The van der Waals surface area contributed by atoms with Crippen LogP contribution in [0.2, 0.25) is 0 Å². The van der Waals surface area contributed by atoms with E-state index < -0.39 is 0 Å². The van der Waals surface area contributed by atoms with Crippen LogP contribution in [0.3, 0.4) is 0 Å². The molecule has 1 unspecified atom stereocenters. The van der Waals surface area contributed by atoms with Gasteiger partial charge in [0.05, 0.1) is 6.04 Å². The minimum atomic E-state index is -0.287. The van der Waals surface area contributed by atoms with Crippen molar-refractivity contribution in [2.75, 3.05) is 11.4 Å². The van der Waals surface area contributed by atoms with Crippen molar-refractivity contribution in [1.82, 2.24) is 5.32 Å². The second-order valence-electron chi connectivity index (χ2n) is 5.39. The molecule has 1 saturated heterocycles. The summed E-state index contributed by atoms with van der Waals surface area (Å²) in [5.41, 5.74) is 0.481. The van der Waals surface area contributed by atoms with Gasteiger partial charge in [0.1, 0.15) is 5.82 Å². The lowest BCUT2D eigenvalue weighted by molar-refractivity contribution is -0.120. The summed E-state index contributed by atoms with van der Waals surface area (Å²) in [6.45, 7) is 6.74. The SMILES string of the molecule is CC1NCCC(C)(C)N(c2ccc(F)cc2)C1=O. The van der Waals surface area contributed by atoms with Gasteiger partial charge >= 0.3 is 0 Å². The Balaban J connectivity index is 2.42. The van der Waals surface area contributed by atoms with Crippen LogP contribution in [0.15, 0.2) is 24.3 Å². The molecule has 4 heteroatoms. The highest BCUT2D eigenvalue weighted by atomic mass is 19.1. The van der Waals surface area contributed by atoms with Crippen LogP contribution in [0.25, 0.3) is 0 Å². The minimum Gasteiger partial charge on any atom is -0.306 e. The van der Waals surface area contributed by atoms with Gasteiger partial charge in [-0.15, -0.1) is 0 Å². The zero-order valence-electron chi connectivity index (χ0n) is 11.0. The highest BCUT2D eigenvalue weighted by Crippen LogP contribution is 2.29. The number of carbonyl (C=O) groups excluding carboxylic acids is 1. The van der Waals surface area contributed by atoms with Crippen molar-refractivity contribution in [1.29, 1.82) is 0 Å². The van der Waals surface area contributed by atoms with Crippen LogP contribution in [0.5, 0.6) is 0 Å². The van der Waals surface area contributed by atoms with Gasteiger partial charge in [-0.1, -0.05) is 0 Å². The predicted molar refractivity (Wildman–Crippen MR) is 70.0 cm³/mol. The molecule has 0 spiro atoms. The number of anilines is 1. The number of nitrogens with one attached hydrogen (secondary N) is 1. The quantitative estimate of drug-likeness (QED) is 0.829. The molecular weight excluding hydrogens is 231 g/mol. The lowest BCUT2D eigenvalue weighted by atomic mass is 9.97. The fraction of sp³-hybridized carbons (Fsp3) is 0.500. The van der Waals surface area contributed by atoms with Crippen LogP contribution < -0.4 is 10.2 Å². The van der Waals surface area contributed by atoms with Gasteiger partial charge in [-0.2, -0.15) is 0 Å². The van der Waals surface area contributed by atoms with E-state index >= 15 is 0 Å². The van der Waals surface area contributed by atoms with Crippen LogP contribution in [-0.4, -0.2) is 24.0 Å². The van der Waals surface area contributed by atoms with E-state index in [1.807, 2.05) is 20.8 Å². The van der Waals surface area contributed by atoms with Crippen LogP contribution in [0.1, 0.15) is 27.2 Å². The van der Waals surface area contributed by atoms with Gasteiger partial charge in [0.25, 0.3) is 0 Å². The molecule has 2 rings (SSSR count). The standard InChI is InChI=1S/C14H19FN2O/c1-10-13(18)17(14(2,3)8-9-16-10)12-6-4-11(15)5-7-12/h4-7,10,16H,8-9H2,1-3H3. The lowest BCUT2D eigenvalue weighted by Gasteiger charge is -2.37. The Morgan fingerprint density at radius 3 is 2.56 bits per heavy atom. The summed E-state index contributed by atoms with van der Waals surface area (Å²) in [7, 11) is 0. The second kappa shape index (κ2) is 4.69. The Labute approximate surface area is 107 Å². The van der Waals surface area contributed by atoms with E-state index in [1.54, 1.807) is 17.0 Å². The highest BCUT2D eigenvalue weighted by molar-refractivity contribution is 5.98. The van der Waals surface area contributed by atoms with E-state index in [0.717, 1.165) is 18.7 Å². The Morgan fingerprint density at radius 1 is 1.33 bits per heavy atom. The molecule has 1 atom stereocenters. The normalized spacial score (nSPS) is 23.9. The molecule has 1 aromatic carbocycles. The molecule has 1 N–H and O–H groups in total. The topological polar surface area (TPSA) is 32.3 Å². The van der Waals surface area contributed by atoms with E-state index in [1.165, 1.54) is 12.1 Å². The largest absolute Gasteiger partial charge is 0.306 e. The van der Waals surface area contributed by atoms with Gasteiger partial charge in [-0.3, -0.25) is 4.79 Å². The van der Waals surface area contributed by atoms with Crippen molar-refractivity contribution in [3.8, 4) is 0 Å². The van der Waals surface area contributed by atoms with Crippen molar-refractivity contribution in [2.45, 2.75) is 38.8 Å². The first-order valence-corrected chi connectivity index (χ1v) is 6.25. The Bertz CT molecular complexity index is 442. The molecule has 1 fully saturated rings. The maximum atomic E-state index is 13.0. The molecule has 0 saturated carbocycles. The number of benzene rings is 1. The molecule has 18 heavy (non-hydrogen) atoms. The maximum Gasteiger partial charge on any atom is 0.244 e. The summed E-state index contributed by atoms with van der Waals surface area (Å²) in [5.74, 6) is -0.255. The summed E-state index contributed by atoms with van der Waals surface area (Å²) in [6, 6.07) is 5.89. The lowest BCUT2D eigenvalue weighted by Crippen LogP contribution is -2.50. The molecule has 0 aromatic heterocycles. The molecule has 1 aliphatic rings. The number of amides is 1. The summed E-state index contributed by atoms with van der Waals surface area (Å²) in [4.78, 5) is 14.2. The number of hydrogen-bond acceptors (Lipinski definition) is 2. The third-order valence-corrected chi connectivity index (χ3v) is 3.47. The third kappa shape index (κ3) is 2.38. The average molecular weight is 250 g/mol. The van der Waals surface area contributed by atoms with Crippen molar-refractivity contribution >= 4 is 11.6 Å². The van der Waals surface area contributed by atoms with Gasteiger partial charge in [0.2, 0.25) is 5.91 Å². The van der Waals surface area contributed by atoms with Gasteiger partial charge < -0.3 is 10.2 Å². The molecular formula is C14H19FN2O. The minimum absolute atomic E-state index is 0.0316. The summed E-state index contributed by atoms with van der Waals surface area (Å²) >= 11 is 0. The van der Waals surface area contributed by atoms with Gasteiger partial charge in [-0.05, 0) is 58.0 Å². The zero-order valence-corrected chi connectivity index (χ0v) is 11.0. The first-order valence-electron chi connectivity index (χ1n) is 6.25. The van der Waals surface area contributed by atoms with Crippen LogP contribution in [0, 0.1) is 5.82 Å². The predicted octanol–water partition coefficient (Wildman–Crippen LogP) is 2.32. The van der Waals surface area contributed by atoms with Gasteiger partial charge in [0.15, 0.2) is 0 Å². The maximum absolute atomic E-state index is 13.0. The molecule has 1 aromatic rings. The Hall–Kier alpha value is -1.42. The first kappa shape index (κ1) is 13.0. The number of carbonyl (C=O) groups is 1. The van der Waals surface area contributed by atoms with E-state index in [4.69, 9.17) is 0 Å². The Morgan fingerprint density at radius 2 is 1.94 bits per heavy atom. The summed E-state index contributed by atoms with van der Waals surface area (Å²) in [6.07, 6.45) is 0.862. The fourth-order valence-corrected chi connectivity index (χ4v) is 2.35. The zero-order chi connectivity index (χ0) is 13.3. The van der Waals surface area contributed by atoms with Crippen LogP contribution in [0.4, 0.5) is 10.1 Å². The molecule has 3 nitrogen and oxygen atoms in total. The average Bonchev–Trinajstić information content (AvgIpc) is 2.39. The highest BCUT2D eigenvalue weighted by Gasteiger charge is 2.36. The molecule has 98 valence electrons. The monoisotopic (exact) mass is 250 g/mol. The number of nitrogens with zero attached hydrogens (tertiary/aromatic N) is 1. The van der Waals surface area contributed by atoms with Gasteiger partial charge in [0, 0.05) is 11.2 Å². The van der Waals surface area contributed by atoms with Crippen molar-refractivity contribution < 1.29 is 9.18 Å². The van der Waals surface area contributed by atoms with Crippen LogP contribution in [-0.2, 0) is 4.79 Å². The number of hydrogen-bond donors (Lipinski definition) is 1. The molecule has 1 amide bonds. The fourth-order valence-electron chi connectivity index (χ4n) is 2.35. The molecule has 0 bridgehead atoms. The summed E-state index contributed by atoms with van der Waals surface area (Å²) < 4.78 is 13.0. The van der Waals surface area contributed by atoms with E-state index in [2.05, 4.69) is 5.32 Å². The van der Waals surface area contributed by atoms with Gasteiger partial charge in [-0.25, -0.2) is 4.39 Å². The van der Waals surface area contributed by atoms with E-state index in [-0.39, 0.29) is 23.3 Å². The van der Waals surface area contributed by atoms with Crippen LogP contribution >= 0.6 is 0 Å². The Kier molecular flexibility index (Phi) is 3.39. The number of rotatable bonds is 1. The number of halogens is 1. The smallest absolute Gasteiger partial charge is 0.244 e. The van der Waals surface area contributed by atoms with Crippen molar-refractivity contribution in [2.24, 2.45) is 0 Å². The van der Waals surface area contributed by atoms with Crippen molar-refractivity contribution in [3.63, 3.8) is 0 Å².